The third-order valence-corrected chi connectivity index (χ3v) is 7.75. The summed E-state index contributed by atoms with van der Waals surface area (Å²) in [6, 6.07) is 13.5. The maximum Gasteiger partial charge on any atom is 0.183 e. The molecule has 2 aromatic heterocycles. The van der Waals surface area contributed by atoms with Crippen molar-refractivity contribution in [2.75, 3.05) is 26.2 Å². The fourth-order valence-electron chi connectivity index (χ4n) is 4.41. The van der Waals surface area contributed by atoms with Gasteiger partial charge in [0.2, 0.25) is 0 Å². The Kier molecular flexibility index (Phi) is 7.09. The molecule has 1 fully saturated rings. The van der Waals surface area contributed by atoms with E-state index in [1.54, 1.807) is 0 Å². The van der Waals surface area contributed by atoms with Gasteiger partial charge in [0.1, 0.15) is 29.1 Å². The first kappa shape index (κ1) is 23.6. The van der Waals surface area contributed by atoms with Gasteiger partial charge in [-0.05, 0) is 74.7 Å². The molecule has 5 rings (SSSR count). The number of hydrogen-bond acceptors (Lipinski definition) is 7. The maximum absolute atomic E-state index is 10.6. The summed E-state index contributed by atoms with van der Waals surface area (Å²) in [4.78, 5) is 2.29. The number of furan rings is 1. The zero-order valence-electron chi connectivity index (χ0n) is 18.7. The van der Waals surface area contributed by atoms with Crippen LogP contribution < -0.4 is 4.74 Å². The lowest BCUT2D eigenvalue weighted by Crippen LogP contribution is -2.40. The number of benzene rings is 2. The highest BCUT2D eigenvalue weighted by molar-refractivity contribution is 7.14. The molecule has 9 heteroatoms. The second-order valence-corrected chi connectivity index (χ2v) is 10.6. The molecule has 0 saturated carbocycles. The molecule has 1 aliphatic rings. The second-order valence-electron chi connectivity index (χ2n) is 8.62. The predicted molar refractivity (Wildman–Crippen MR) is 136 cm³/mol. The van der Waals surface area contributed by atoms with Crippen LogP contribution in [0.25, 0.3) is 21.7 Å². The Morgan fingerprint density at radius 1 is 1.15 bits per heavy atom. The first-order valence-electron chi connectivity index (χ1n) is 11.3. The molecular weight excluding hydrogens is 493 g/mol. The molecule has 6 nitrogen and oxygen atoms in total. The second kappa shape index (κ2) is 10.2. The van der Waals surface area contributed by atoms with Crippen molar-refractivity contribution in [3.05, 3.63) is 63.1 Å². The number of aryl methyl sites for hydroxylation is 1. The van der Waals surface area contributed by atoms with Crippen LogP contribution in [-0.4, -0.2) is 52.5 Å². The molecular formula is C25H25Cl2N3O3S. The van der Waals surface area contributed by atoms with Gasteiger partial charge < -0.3 is 19.2 Å². The summed E-state index contributed by atoms with van der Waals surface area (Å²) >= 11 is 13.7. The summed E-state index contributed by atoms with van der Waals surface area (Å²) in [6.45, 7) is 4.54. The van der Waals surface area contributed by atoms with Crippen molar-refractivity contribution >= 4 is 45.5 Å². The smallest absolute Gasteiger partial charge is 0.183 e. The Labute approximate surface area is 212 Å². The Hall–Kier alpha value is -2.16. The van der Waals surface area contributed by atoms with Crippen molar-refractivity contribution in [2.24, 2.45) is 0 Å². The van der Waals surface area contributed by atoms with Gasteiger partial charge in [0.05, 0.1) is 15.4 Å². The highest BCUT2D eigenvalue weighted by Crippen LogP contribution is 2.35. The van der Waals surface area contributed by atoms with E-state index in [4.69, 9.17) is 32.4 Å². The first-order chi connectivity index (χ1) is 16.5. The number of nitrogens with zero attached hydrogens (tertiary/aromatic N) is 3. The van der Waals surface area contributed by atoms with Gasteiger partial charge in [0.25, 0.3) is 0 Å². The molecule has 1 aliphatic heterocycles. The van der Waals surface area contributed by atoms with Gasteiger partial charge >= 0.3 is 0 Å². The first-order valence-corrected chi connectivity index (χ1v) is 12.8. The van der Waals surface area contributed by atoms with Crippen LogP contribution in [0.5, 0.6) is 5.75 Å². The number of halogens is 2. The van der Waals surface area contributed by atoms with Crippen molar-refractivity contribution in [3.8, 4) is 16.5 Å². The molecule has 3 heterocycles. The molecule has 1 saturated heterocycles. The molecule has 1 unspecified atom stereocenters. The molecule has 1 N–H and O–H groups in total. The fourth-order valence-corrected chi connectivity index (χ4v) is 5.36. The van der Waals surface area contributed by atoms with Crippen molar-refractivity contribution in [1.29, 1.82) is 0 Å². The van der Waals surface area contributed by atoms with E-state index >= 15 is 0 Å². The molecule has 4 aromatic rings. The number of β-amino-alcohol motifs (C(OH)–C–C–N with tert-alkyl or cyclic N) is 1. The summed E-state index contributed by atoms with van der Waals surface area (Å²) < 4.78 is 11.9. The Morgan fingerprint density at radius 3 is 2.71 bits per heavy atom. The van der Waals surface area contributed by atoms with E-state index in [0.717, 1.165) is 46.9 Å². The molecule has 178 valence electrons. The van der Waals surface area contributed by atoms with Gasteiger partial charge in [0.15, 0.2) is 10.8 Å². The number of rotatable bonds is 7. The van der Waals surface area contributed by atoms with Crippen LogP contribution in [0, 0.1) is 6.92 Å². The Morgan fingerprint density at radius 2 is 1.97 bits per heavy atom. The van der Waals surface area contributed by atoms with Crippen LogP contribution in [0.15, 0.2) is 46.9 Å². The van der Waals surface area contributed by atoms with Gasteiger partial charge in [-0.2, -0.15) is 0 Å². The highest BCUT2D eigenvalue weighted by Gasteiger charge is 2.23. The lowest BCUT2D eigenvalue weighted by Gasteiger charge is -2.33. The van der Waals surface area contributed by atoms with E-state index in [9.17, 15) is 5.11 Å². The molecule has 34 heavy (non-hydrogen) atoms. The molecule has 0 spiro atoms. The minimum absolute atomic E-state index is 0.213. The minimum atomic E-state index is -0.589. The predicted octanol–water partition coefficient (Wildman–Crippen LogP) is 6.19. The average molecular weight is 518 g/mol. The number of aliphatic hydroxyl groups excluding tert-OH is 1. The highest BCUT2D eigenvalue weighted by atomic mass is 35.5. The van der Waals surface area contributed by atoms with Crippen LogP contribution in [-0.2, 0) is 0 Å². The standard InChI is InChI=1S/C25H25Cl2N3O3S/c1-15-28-29-25(34-15)24-12-19-22(3-2-4-23(19)33-24)32-14-18(31)13-30-9-7-16(8-10-30)17-5-6-20(26)21(27)11-17/h2-6,11-12,16,18,31H,7-10,13-14H2,1H3. The molecule has 1 atom stereocenters. The Bertz CT molecular complexity index is 1280. The van der Waals surface area contributed by atoms with Crippen molar-refractivity contribution in [1.82, 2.24) is 15.1 Å². The molecule has 0 radical (unpaired) electrons. The van der Waals surface area contributed by atoms with Crippen LogP contribution in [0.1, 0.15) is 29.3 Å². The van der Waals surface area contributed by atoms with Crippen molar-refractivity contribution < 1.29 is 14.3 Å². The van der Waals surface area contributed by atoms with Gasteiger partial charge in [-0.1, -0.05) is 46.7 Å². The third-order valence-electron chi connectivity index (χ3n) is 6.16. The number of hydrogen-bond donors (Lipinski definition) is 1. The Balaban J connectivity index is 1.16. The number of likely N-dealkylation sites (tertiary alicyclic amines) is 1. The number of fused-ring (bicyclic) bond motifs is 1. The molecule has 0 aliphatic carbocycles. The normalized spacial score (nSPS) is 16.2. The molecule has 0 bridgehead atoms. The SMILES string of the molecule is Cc1nnc(-c2cc3c(OCC(O)CN4CCC(c5ccc(Cl)c(Cl)c5)CC4)cccc3o2)s1. The number of piperidine rings is 1. The third kappa shape index (κ3) is 5.24. The summed E-state index contributed by atoms with van der Waals surface area (Å²) in [5.74, 6) is 1.82. The quantitative estimate of drug-likeness (QED) is 0.315. The lowest BCUT2D eigenvalue weighted by molar-refractivity contribution is 0.0599. The maximum atomic E-state index is 10.6. The van der Waals surface area contributed by atoms with Crippen LogP contribution in [0.3, 0.4) is 0 Å². The summed E-state index contributed by atoms with van der Waals surface area (Å²) in [7, 11) is 0. The summed E-state index contributed by atoms with van der Waals surface area (Å²) in [6.07, 6.45) is 1.45. The topological polar surface area (TPSA) is 71.6 Å². The van der Waals surface area contributed by atoms with E-state index < -0.39 is 6.10 Å². The summed E-state index contributed by atoms with van der Waals surface area (Å²) in [5, 5.41) is 22.5. The van der Waals surface area contributed by atoms with Crippen LogP contribution in [0.4, 0.5) is 0 Å². The minimum Gasteiger partial charge on any atom is -0.490 e. The number of aliphatic hydroxyl groups is 1. The van der Waals surface area contributed by atoms with Gasteiger partial charge in [-0.3, -0.25) is 0 Å². The zero-order chi connectivity index (χ0) is 23.7. The monoisotopic (exact) mass is 517 g/mol. The molecule has 0 amide bonds. The van der Waals surface area contributed by atoms with Crippen molar-refractivity contribution in [2.45, 2.75) is 31.8 Å². The zero-order valence-corrected chi connectivity index (χ0v) is 21.0. The van der Waals surface area contributed by atoms with Gasteiger partial charge in [-0.25, -0.2) is 0 Å². The average Bonchev–Trinajstić information content (AvgIpc) is 3.46. The number of aromatic nitrogens is 2. The van der Waals surface area contributed by atoms with E-state index in [-0.39, 0.29) is 6.61 Å². The van der Waals surface area contributed by atoms with E-state index in [0.29, 0.717) is 34.0 Å². The number of ether oxygens (including phenoxy) is 1. The van der Waals surface area contributed by atoms with Crippen molar-refractivity contribution in [3.63, 3.8) is 0 Å². The lowest BCUT2D eigenvalue weighted by atomic mass is 9.89. The largest absolute Gasteiger partial charge is 0.490 e. The van der Waals surface area contributed by atoms with E-state index in [1.165, 1.54) is 16.9 Å². The fraction of sp³-hybridized carbons (Fsp3) is 0.360. The van der Waals surface area contributed by atoms with Crippen LogP contribution >= 0.6 is 34.5 Å². The summed E-state index contributed by atoms with van der Waals surface area (Å²) in [5.41, 5.74) is 1.95. The van der Waals surface area contributed by atoms with E-state index in [1.807, 2.05) is 43.3 Å². The molecule has 2 aromatic carbocycles. The van der Waals surface area contributed by atoms with Crippen LogP contribution in [0.2, 0.25) is 10.0 Å². The van der Waals surface area contributed by atoms with Gasteiger partial charge in [0, 0.05) is 6.54 Å². The van der Waals surface area contributed by atoms with Gasteiger partial charge in [-0.15, -0.1) is 10.2 Å². The van der Waals surface area contributed by atoms with E-state index in [2.05, 4.69) is 21.2 Å².